The number of benzene rings is 1. The van der Waals surface area contributed by atoms with Crippen LogP contribution in [-0.4, -0.2) is 24.2 Å². The lowest BCUT2D eigenvalue weighted by atomic mass is 10.1. The van der Waals surface area contributed by atoms with Gasteiger partial charge in [0.25, 0.3) is 0 Å². The fourth-order valence-electron chi connectivity index (χ4n) is 2.00. The number of hydrogen-bond acceptors (Lipinski definition) is 2. The van der Waals surface area contributed by atoms with Gasteiger partial charge in [-0.25, -0.2) is 4.79 Å². The molecule has 1 aromatic rings. The number of anilines is 1. The Morgan fingerprint density at radius 3 is 2.47 bits per heavy atom. The summed E-state index contributed by atoms with van der Waals surface area (Å²) in [6, 6.07) is 5.98. The van der Waals surface area contributed by atoms with Crippen molar-refractivity contribution in [3.8, 4) is 0 Å². The Hall–Kier alpha value is -1.29. The molecule has 0 spiro atoms. The van der Waals surface area contributed by atoms with Gasteiger partial charge in [0.1, 0.15) is 0 Å². The van der Waals surface area contributed by atoms with Gasteiger partial charge in [-0.2, -0.15) is 0 Å². The van der Waals surface area contributed by atoms with Crippen molar-refractivity contribution < 1.29 is 9.90 Å². The fraction of sp³-hybridized carbons (Fsp3) is 0.400. The molecule has 4 heteroatoms. The minimum Gasteiger partial charge on any atom is -0.478 e. The van der Waals surface area contributed by atoms with Crippen LogP contribution in [0, 0.1) is 0 Å². The summed E-state index contributed by atoms with van der Waals surface area (Å²) < 4.78 is 0.953. The second-order valence-corrected chi connectivity index (χ2v) is 5.28. The quantitative estimate of drug-likeness (QED) is 0.765. The molecule has 104 valence electrons. The van der Waals surface area contributed by atoms with Gasteiger partial charge in [0.15, 0.2) is 0 Å². The molecule has 0 aromatic heterocycles. The Morgan fingerprint density at radius 2 is 1.95 bits per heavy atom. The van der Waals surface area contributed by atoms with Gasteiger partial charge in [0.05, 0.1) is 0 Å². The Bertz CT molecular complexity index is 451. The van der Waals surface area contributed by atoms with Gasteiger partial charge in [-0.05, 0) is 42.7 Å². The van der Waals surface area contributed by atoms with E-state index >= 15 is 0 Å². The summed E-state index contributed by atoms with van der Waals surface area (Å²) in [5.74, 6) is -0.927. The normalized spacial score (nSPS) is 10.9. The van der Waals surface area contributed by atoms with Crippen LogP contribution < -0.4 is 4.90 Å². The van der Waals surface area contributed by atoms with E-state index in [2.05, 4.69) is 34.7 Å². The van der Waals surface area contributed by atoms with E-state index in [1.54, 1.807) is 6.08 Å². The van der Waals surface area contributed by atoms with Crippen LogP contribution in [0.1, 0.15) is 32.3 Å². The number of aliphatic carboxylic acids is 1. The van der Waals surface area contributed by atoms with Crippen LogP contribution in [0.2, 0.25) is 0 Å². The van der Waals surface area contributed by atoms with Crippen LogP contribution in [0.4, 0.5) is 5.69 Å². The molecule has 0 saturated carbocycles. The number of halogens is 1. The van der Waals surface area contributed by atoms with Crippen molar-refractivity contribution >= 4 is 33.7 Å². The number of nitrogens with zero attached hydrogens (tertiary/aromatic N) is 1. The lowest BCUT2D eigenvalue weighted by Gasteiger charge is -2.25. The fourth-order valence-corrected chi connectivity index (χ4v) is 2.38. The van der Waals surface area contributed by atoms with E-state index in [1.807, 2.05) is 18.2 Å². The first-order chi connectivity index (χ1) is 9.08. The Balaban J connectivity index is 3.12. The van der Waals surface area contributed by atoms with Gasteiger partial charge in [0, 0.05) is 29.3 Å². The summed E-state index contributed by atoms with van der Waals surface area (Å²) in [5, 5.41) is 8.77. The zero-order valence-electron chi connectivity index (χ0n) is 11.4. The van der Waals surface area contributed by atoms with Gasteiger partial charge in [-0.3, -0.25) is 0 Å². The minimum absolute atomic E-state index is 0.927. The third-order valence-corrected chi connectivity index (χ3v) is 3.22. The van der Waals surface area contributed by atoms with Crippen molar-refractivity contribution in [1.29, 1.82) is 0 Å². The highest BCUT2D eigenvalue weighted by Gasteiger charge is 2.09. The first-order valence-electron chi connectivity index (χ1n) is 6.54. The van der Waals surface area contributed by atoms with Crippen LogP contribution in [0.25, 0.3) is 6.08 Å². The topological polar surface area (TPSA) is 40.5 Å². The second kappa shape index (κ2) is 8.00. The van der Waals surface area contributed by atoms with E-state index in [1.165, 1.54) is 6.08 Å². The first kappa shape index (κ1) is 15.8. The van der Waals surface area contributed by atoms with E-state index in [4.69, 9.17) is 5.11 Å². The third kappa shape index (κ3) is 5.07. The number of carbonyl (C=O) groups is 1. The van der Waals surface area contributed by atoms with Crippen molar-refractivity contribution in [2.24, 2.45) is 0 Å². The molecule has 0 bridgehead atoms. The van der Waals surface area contributed by atoms with E-state index in [0.29, 0.717) is 0 Å². The summed E-state index contributed by atoms with van der Waals surface area (Å²) in [4.78, 5) is 13.0. The lowest BCUT2D eigenvalue weighted by molar-refractivity contribution is -0.131. The molecule has 0 amide bonds. The van der Waals surface area contributed by atoms with E-state index < -0.39 is 5.97 Å². The van der Waals surface area contributed by atoms with Crippen molar-refractivity contribution in [3.63, 3.8) is 0 Å². The molecule has 3 nitrogen and oxygen atoms in total. The van der Waals surface area contributed by atoms with Crippen LogP contribution in [0.3, 0.4) is 0 Å². The lowest BCUT2D eigenvalue weighted by Crippen LogP contribution is -2.25. The highest BCUT2D eigenvalue weighted by molar-refractivity contribution is 9.10. The molecular weight excluding hydrogens is 306 g/mol. The van der Waals surface area contributed by atoms with Gasteiger partial charge >= 0.3 is 5.97 Å². The second-order valence-electron chi connectivity index (χ2n) is 4.36. The van der Waals surface area contributed by atoms with Gasteiger partial charge in [0.2, 0.25) is 0 Å². The highest BCUT2D eigenvalue weighted by atomic mass is 79.9. The number of rotatable bonds is 7. The van der Waals surface area contributed by atoms with Gasteiger partial charge in [-0.1, -0.05) is 29.8 Å². The average molecular weight is 326 g/mol. The Labute approximate surface area is 123 Å². The van der Waals surface area contributed by atoms with Crippen LogP contribution in [0.15, 0.2) is 28.7 Å². The van der Waals surface area contributed by atoms with E-state index in [-0.39, 0.29) is 0 Å². The monoisotopic (exact) mass is 325 g/mol. The largest absolute Gasteiger partial charge is 0.478 e. The third-order valence-electron chi connectivity index (χ3n) is 2.72. The predicted molar refractivity (Wildman–Crippen MR) is 83.6 cm³/mol. The summed E-state index contributed by atoms with van der Waals surface area (Å²) in [6.45, 7) is 6.25. The molecule has 0 fully saturated rings. The highest BCUT2D eigenvalue weighted by Crippen LogP contribution is 2.26. The van der Waals surface area contributed by atoms with Gasteiger partial charge < -0.3 is 10.0 Å². The maximum absolute atomic E-state index is 10.7. The van der Waals surface area contributed by atoms with Crippen LogP contribution in [0.5, 0.6) is 0 Å². The Kier molecular flexibility index (Phi) is 6.64. The zero-order chi connectivity index (χ0) is 14.3. The SMILES string of the molecule is CCCN(CCC)c1ccc(Br)cc1/C=C/C(=O)O. The van der Waals surface area contributed by atoms with Crippen molar-refractivity contribution in [3.05, 3.63) is 34.3 Å². The molecule has 0 aliphatic heterocycles. The number of carboxylic acid groups (broad SMARTS) is 1. The molecule has 0 heterocycles. The first-order valence-corrected chi connectivity index (χ1v) is 7.33. The maximum Gasteiger partial charge on any atom is 0.328 e. The molecular formula is C15H20BrNO2. The standard InChI is InChI=1S/C15H20BrNO2/c1-3-9-17(10-4-2)14-7-6-13(16)11-12(14)5-8-15(18)19/h5-8,11H,3-4,9-10H2,1-2H3,(H,18,19)/b8-5+. The molecule has 1 aromatic carbocycles. The summed E-state index contributed by atoms with van der Waals surface area (Å²) in [7, 11) is 0. The van der Waals surface area contributed by atoms with E-state index in [9.17, 15) is 4.79 Å². The molecule has 0 unspecified atom stereocenters. The summed E-state index contributed by atoms with van der Waals surface area (Å²) in [5.41, 5.74) is 2.02. The van der Waals surface area contributed by atoms with E-state index in [0.717, 1.165) is 41.7 Å². The van der Waals surface area contributed by atoms with Crippen LogP contribution >= 0.6 is 15.9 Å². The Morgan fingerprint density at radius 1 is 1.32 bits per heavy atom. The number of carboxylic acids is 1. The molecule has 1 N–H and O–H groups in total. The van der Waals surface area contributed by atoms with Crippen molar-refractivity contribution in [2.45, 2.75) is 26.7 Å². The average Bonchev–Trinajstić information content (AvgIpc) is 2.36. The molecule has 19 heavy (non-hydrogen) atoms. The molecule has 1 rings (SSSR count). The zero-order valence-corrected chi connectivity index (χ0v) is 13.0. The molecule has 0 aliphatic rings. The molecule has 0 atom stereocenters. The minimum atomic E-state index is -0.927. The smallest absolute Gasteiger partial charge is 0.328 e. The summed E-state index contributed by atoms with van der Waals surface area (Å²) in [6.07, 6.45) is 4.97. The molecule has 0 aliphatic carbocycles. The van der Waals surface area contributed by atoms with Crippen molar-refractivity contribution in [2.75, 3.05) is 18.0 Å². The van der Waals surface area contributed by atoms with Crippen molar-refractivity contribution in [1.82, 2.24) is 0 Å². The molecule has 0 saturated heterocycles. The summed E-state index contributed by atoms with van der Waals surface area (Å²) >= 11 is 3.43. The molecule has 0 radical (unpaired) electrons. The number of hydrogen-bond donors (Lipinski definition) is 1. The van der Waals surface area contributed by atoms with Gasteiger partial charge in [-0.15, -0.1) is 0 Å². The van der Waals surface area contributed by atoms with Crippen LogP contribution in [-0.2, 0) is 4.79 Å². The predicted octanol–water partition coefficient (Wildman–Crippen LogP) is 4.17. The maximum atomic E-state index is 10.7.